The van der Waals surface area contributed by atoms with Gasteiger partial charge in [-0.1, -0.05) is 62.7 Å². The molecule has 0 bridgehead atoms. The zero-order chi connectivity index (χ0) is 21.1. The minimum Gasteiger partial charge on any atom is -0.489 e. The highest BCUT2D eigenvalue weighted by molar-refractivity contribution is 5.82. The van der Waals surface area contributed by atoms with Crippen molar-refractivity contribution in [3.63, 3.8) is 0 Å². The third-order valence-corrected chi connectivity index (χ3v) is 5.69. The van der Waals surface area contributed by atoms with Gasteiger partial charge >= 0.3 is 0 Å². The van der Waals surface area contributed by atoms with Gasteiger partial charge in [-0.05, 0) is 57.0 Å². The highest BCUT2D eigenvalue weighted by Crippen LogP contribution is 2.31. The van der Waals surface area contributed by atoms with Crippen molar-refractivity contribution in [3.8, 4) is 5.75 Å². The van der Waals surface area contributed by atoms with E-state index in [4.69, 9.17) is 4.74 Å². The van der Waals surface area contributed by atoms with Crippen molar-refractivity contribution in [2.45, 2.75) is 46.5 Å². The van der Waals surface area contributed by atoms with E-state index in [2.05, 4.69) is 42.2 Å². The minimum atomic E-state index is -0.324. The molecule has 29 heavy (non-hydrogen) atoms. The van der Waals surface area contributed by atoms with Crippen LogP contribution in [-0.2, 0) is 11.2 Å². The summed E-state index contributed by atoms with van der Waals surface area (Å²) < 4.78 is 18.8. The van der Waals surface area contributed by atoms with Crippen molar-refractivity contribution in [1.29, 1.82) is 0 Å². The molecule has 1 aliphatic rings. The van der Waals surface area contributed by atoms with Gasteiger partial charge in [-0.25, -0.2) is 4.39 Å². The molecule has 0 atom stereocenters. The van der Waals surface area contributed by atoms with Crippen molar-refractivity contribution in [2.75, 3.05) is 26.2 Å². The van der Waals surface area contributed by atoms with Crippen LogP contribution in [0.2, 0.25) is 0 Å². The molecule has 1 saturated heterocycles. The molecule has 3 rings (SSSR count). The molecule has 0 amide bonds. The number of likely N-dealkylation sites (tertiary alicyclic amines) is 1. The van der Waals surface area contributed by atoms with Crippen molar-refractivity contribution >= 4 is 5.78 Å². The monoisotopic (exact) mass is 399 g/mol. The molecule has 2 aromatic carbocycles. The fraction of sp³-hybridized carbons (Fsp3) is 0.480. The molecule has 0 spiro atoms. The largest absolute Gasteiger partial charge is 0.489 e. The Kier molecular flexibility index (Phi) is 9.33. The number of carbonyl (C=O) groups is 1. The standard InChI is InChI=1S/C16H22FNO2.C9H12/c1-13(19)16(2)7-9-18(10-8-16)11-12-20-15-6-4-3-5-14(15)17;1-2-6-9-7-4-3-5-8-9/h3-6H,7-12H2,1-2H3;3-5,7-8H,2,6H2,1H3. The average Bonchev–Trinajstić information content (AvgIpc) is 2.72. The van der Waals surface area contributed by atoms with Crippen LogP contribution in [-0.4, -0.2) is 36.9 Å². The molecule has 3 nitrogen and oxygen atoms in total. The van der Waals surface area contributed by atoms with Crippen LogP contribution in [0.1, 0.15) is 45.6 Å². The molecule has 0 aromatic heterocycles. The lowest BCUT2D eigenvalue weighted by molar-refractivity contribution is -0.128. The Bertz CT molecular complexity index is 739. The maximum absolute atomic E-state index is 13.4. The van der Waals surface area contributed by atoms with Crippen LogP contribution < -0.4 is 4.74 Å². The number of rotatable bonds is 7. The number of aryl methyl sites for hydroxylation is 1. The molecule has 4 heteroatoms. The Labute approximate surface area is 174 Å². The summed E-state index contributed by atoms with van der Waals surface area (Å²) >= 11 is 0. The number of hydrogen-bond acceptors (Lipinski definition) is 3. The Morgan fingerprint density at radius 2 is 1.69 bits per heavy atom. The van der Waals surface area contributed by atoms with E-state index in [9.17, 15) is 9.18 Å². The minimum absolute atomic E-state index is 0.164. The van der Waals surface area contributed by atoms with Gasteiger partial charge in [0, 0.05) is 12.0 Å². The highest BCUT2D eigenvalue weighted by atomic mass is 19.1. The van der Waals surface area contributed by atoms with Crippen molar-refractivity contribution in [2.24, 2.45) is 5.41 Å². The first-order chi connectivity index (χ1) is 13.9. The normalized spacial score (nSPS) is 15.9. The lowest BCUT2D eigenvalue weighted by Gasteiger charge is -2.37. The Balaban J connectivity index is 0.000000278. The van der Waals surface area contributed by atoms with Crippen molar-refractivity contribution in [1.82, 2.24) is 4.90 Å². The first-order valence-electron chi connectivity index (χ1n) is 10.6. The third kappa shape index (κ3) is 7.62. The van der Waals surface area contributed by atoms with Crippen LogP contribution in [0.15, 0.2) is 54.6 Å². The number of ketones is 1. The number of hydrogen-bond donors (Lipinski definition) is 0. The van der Waals surface area contributed by atoms with Crippen molar-refractivity contribution in [3.05, 3.63) is 66.0 Å². The number of carbonyl (C=O) groups excluding carboxylic acids is 1. The summed E-state index contributed by atoms with van der Waals surface area (Å²) in [5.74, 6) is 0.258. The molecule has 0 N–H and O–H groups in total. The van der Waals surface area contributed by atoms with Crippen LogP contribution in [0, 0.1) is 11.2 Å². The van der Waals surface area contributed by atoms with Gasteiger partial charge in [0.1, 0.15) is 12.4 Å². The van der Waals surface area contributed by atoms with Gasteiger partial charge in [0.05, 0.1) is 0 Å². The molecule has 158 valence electrons. The second-order valence-corrected chi connectivity index (χ2v) is 7.97. The number of para-hydroxylation sites is 1. The Morgan fingerprint density at radius 1 is 1.07 bits per heavy atom. The SMILES string of the molecule is CC(=O)C1(C)CCN(CCOc2ccccc2F)CC1.CCCc1ccccc1. The number of ether oxygens (including phenoxy) is 1. The lowest BCUT2D eigenvalue weighted by Crippen LogP contribution is -2.43. The topological polar surface area (TPSA) is 29.5 Å². The Hall–Kier alpha value is -2.20. The predicted octanol–water partition coefficient (Wildman–Crippen LogP) is 5.53. The smallest absolute Gasteiger partial charge is 0.165 e. The summed E-state index contributed by atoms with van der Waals surface area (Å²) in [7, 11) is 0. The van der Waals surface area contributed by atoms with E-state index in [1.54, 1.807) is 25.1 Å². The molecule has 0 saturated carbocycles. The molecular weight excluding hydrogens is 365 g/mol. The van der Waals surface area contributed by atoms with E-state index in [1.807, 2.05) is 6.92 Å². The zero-order valence-corrected chi connectivity index (χ0v) is 18.0. The molecule has 0 aliphatic carbocycles. The Morgan fingerprint density at radius 3 is 2.28 bits per heavy atom. The number of nitrogens with zero attached hydrogens (tertiary/aromatic N) is 1. The summed E-state index contributed by atoms with van der Waals surface area (Å²) in [4.78, 5) is 13.8. The second kappa shape index (κ2) is 11.7. The molecule has 2 aromatic rings. The third-order valence-electron chi connectivity index (χ3n) is 5.69. The molecule has 0 unspecified atom stereocenters. The van der Waals surface area contributed by atoms with Gasteiger partial charge in [-0.3, -0.25) is 9.69 Å². The van der Waals surface area contributed by atoms with E-state index in [1.165, 1.54) is 24.5 Å². The number of benzene rings is 2. The number of Topliss-reactive ketones (excluding diaryl/α,β-unsaturated/α-hetero) is 1. The van der Waals surface area contributed by atoms with E-state index in [0.717, 1.165) is 32.5 Å². The van der Waals surface area contributed by atoms with Gasteiger partial charge in [0.25, 0.3) is 0 Å². The summed E-state index contributed by atoms with van der Waals surface area (Å²) in [5, 5.41) is 0. The van der Waals surface area contributed by atoms with E-state index >= 15 is 0 Å². The lowest BCUT2D eigenvalue weighted by atomic mass is 9.77. The van der Waals surface area contributed by atoms with Gasteiger partial charge in [0.15, 0.2) is 11.6 Å². The fourth-order valence-electron chi connectivity index (χ4n) is 3.40. The first kappa shape index (κ1) is 23.1. The van der Waals surface area contributed by atoms with Crippen LogP contribution >= 0.6 is 0 Å². The van der Waals surface area contributed by atoms with Gasteiger partial charge in [-0.15, -0.1) is 0 Å². The van der Waals surface area contributed by atoms with Crippen LogP contribution in [0.5, 0.6) is 5.75 Å². The summed E-state index contributed by atoms with van der Waals surface area (Å²) in [6.45, 7) is 8.96. The maximum Gasteiger partial charge on any atom is 0.165 e. The second-order valence-electron chi connectivity index (χ2n) is 7.97. The van der Waals surface area contributed by atoms with Crippen molar-refractivity contribution < 1.29 is 13.9 Å². The van der Waals surface area contributed by atoms with Crippen LogP contribution in [0.3, 0.4) is 0 Å². The molecule has 0 radical (unpaired) electrons. The highest BCUT2D eigenvalue weighted by Gasteiger charge is 2.33. The van der Waals surface area contributed by atoms with E-state index in [0.29, 0.717) is 12.4 Å². The quantitative estimate of drug-likeness (QED) is 0.613. The first-order valence-corrected chi connectivity index (χ1v) is 10.6. The van der Waals surface area contributed by atoms with Crippen LogP contribution in [0.4, 0.5) is 4.39 Å². The maximum atomic E-state index is 13.4. The molecular formula is C25H34FNO2. The summed E-state index contributed by atoms with van der Waals surface area (Å²) in [6, 6.07) is 17.0. The summed E-state index contributed by atoms with van der Waals surface area (Å²) in [5.41, 5.74) is 1.28. The summed E-state index contributed by atoms with van der Waals surface area (Å²) in [6.07, 6.45) is 4.23. The average molecular weight is 400 g/mol. The fourth-order valence-corrected chi connectivity index (χ4v) is 3.40. The van der Waals surface area contributed by atoms with E-state index < -0.39 is 0 Å². The zero-order valence-electron chi connectivity index (χ0n) is 18.0. The number of halogens is 1. The molecule has 1 fully saturated rings. The number of piperidine rings is 1. The van der Waals surface area contributed by atoms with E-state index in [-0.39, 0.29) is 17.0 Å². The van der Waals surface area contributed by atoms with Gasteiger partial charge < -0.3 is 4.74 Å². The predicted molar refractivity (Wildman–Crippen MR) is 117 cm³/mol. The van der Waals surface area contributed by atoms with Crippen LogP contribution in [0.25, 0.3) is 0 Å². The molecule has 1 heterocycles. The van der Waals surface area contributed by atoms with Gasteiger partial charge in [0.2, 0.25) is 0 Å². The molecule has 1 aliphatic heterocycles. The van der Waals surface area contributed by atoms with Gasteiger partial charge in [-0.2, -0.15) is 0 Å².